The highest BCUT2D eigenvalue weighted by Crippen LogP contribution is 2.38. The van der Waals surface area contributed by atoms with Crippen molar-refractivity contribution in [2.75, 3.05) is 0 Å². The van der Waals surface area contributed by atoms with Crippen LogP contribution in [0.4, 0.5) is 0 Å². The molecule has 2 nitrogen and oxygen atoms in total. The van der Waals surface area contributed by atoms with E-state index in [2.05, 4.69) is 0 Å². The zero-order valence-corrected chi connectivity index (χ0v) is 19.5. The largest absolute Gasteiger partial charge is 0.232 e. The van der Waals surface area contributed by atoms with E-state index in [4.69, 9.17) is 44.8 Å². The van der Waals surface area contributed by atoms with Crippen molar-refractivity contribution in [3.05, 3.63) is 99.6 Å². The third-order valence-electron chi connectivity index (χ3n) is 4.11. The lowest BCUT2D eigenvalue weighted by molar-refractivity contribution is 1.01. The molecule has 7 heteroatoms. The van der Waals surface area contributed by atoms with Crippen molar-refractivity contribution in [2.24, 2.45) is 0 Å². The van der Waals surface area contributed by atoms with Crippen LogP contribution in [-0.4, -0.2) is 9.97 Å². The molecule has 30 heavy (non-hydrogen) atoms. The highest BCUT2D eigenvalue weighted by Gasteiger charge is 2.13. The molecule has 4 aromatic rings. The number of thioether (sulfide) groups is 1. The van der Waals surface area contributed by atoms with Crippen LogP contribution in [0.5, 0.6) is 0 Å². The minimum atomic E-state index is 0.601. The summed E-state index contributed by atoms with van der Waals surface area (Å²) in [5.41, 5.74) is 1.89. The Hall–Kier alpha value is -1.69. The number of aromatic nitrogens is 2. The van der Waals surface area contributed by atoms with Crippen LogP contribution in [0.15, 0.2) is 93.7 Å². The van der Waals surface area contributed by atoms with Crippen molar-refractivity contribution in [2.45, 2.75) is 20.6 Å². The third-order valence-corrected chi connectivity index (χ3v) is 7.33. The molecule has 0 bridgehead atoms. The molecule has 0 N–H and O–H groups in total. The molecule has 0 atom stereocenters. The average Bonchev–Trinajstić information content (AvgIpc) is 2.76. The molecule has 150 valence electrons. The van der Waals surface area contributed by atoms with E-state index in [9.17, 15) is 0 Å². The van der Waals surface area contributed by atoms with Gasteiger partial charge in [-0.05, 0) is 42.5 Å². The van der Waals surface area contributed by atoms with E-state index in [0.29, 0.717) is 21.6 Å². The fourth-order valence-electron chi connectivity index (χ4n) is 2.69. The van der Waals surface area contributed by atoms with Gasteiger partial charge in [-0.3, -0.25) is 0 Å². The maximum atomic E-state index is 6.37. The van der Waals surface area contributed by atoms with E-state index >= 15 is 0 Å². The van der Waals surface area contributed by atoms with Crippen LogP contribution in [0.3, 0.4) is 0 Å². The zero-order valence-electron chi connectivity index (χ0n) is 15.6. The molecule has 0 aliphatic carbocycles. The van der Waals surface area contributed by atoms with Gasteiger partial charge in [0.2, 0.25) is 0 Å². The fourth-order valence-corrected chi connectivity index (χ4v) is 5.10. The molecule has 0 unspecified atom stereocenters. The first-order valence-corrected chi connectivity index (χ1v) is 12.0. The SMILES string of the molecule is Clc1ccc(SCc2cc(Sc3c(Cl)cccc3Cl)nc(-c3ccccc3)n2)cc1. The van der Waals surface area contributed by atoms with E-state index in [0.717, 1.165) is 31.1 Å². The Morgan fingerprint density at radius 3 is 2.13 bits per heavy atom. The number of halogens is 3. The number of rotatable bonds is 6. The van der Waals surface area contributed by atoms with Gasteiger partial charge in [0.25, 0.3) is 0 Å². The van der Waals surface area contributed by atoms with Crippen molar-refractivity contribution in [3.63, 3.8) is 0 Å². The Balaban J connectivity index is 1.66. The Labute approximate surface area is 199 Å². The fraction of sp³-hybridized carbons (Fsp3) is 0.0435. The second-order valence-electron chi connectivity index (χ2n) is 6.28. The lowest BCUT2D eigenvalue weighted by Crippen LogP contribution is -1.97. The normalized spacial score (nSPS) is 10.9. The number of nitrogens with zero attached hydrogens (tertiary/aromatic N) is 2. The second kappa shape index (κ2) is 10.1. The summed E-state index contributed by atoms with van der Waals surface area (Å²) in [6.07, 6.45) is 0. The van der Waals surface area contributed by atoms with Crippen LogP contribution in [-0.2, 0) is 5.75 Å². The quantitative estimate of drug-likeness (QED) is 0.200. The van der Waals surface area contributed by atoms with Crippen molar-refractivity contribution in [3.8, 4) is 11.4 Å². The monoisotopic (exact) mass is 488 g/mol. The van der Waals surface area contributed by atoms with Crippen LogP contribution in [0, 0.1) is 0 Å². The van der Waals surface area contributed by atoms with Crippen LogP contribution in [0.2, 0.25) is 15.1 Å². The molecule has 0 radical (unpaired) electrons. The van der Waals surface area contributed by atoms with E-state index in [1.54, 1.807) is 11.8 Å². The predicted octanol–water partition coefficient (Wildman–Crippen LogP) is 8.55. The minimum Gasteiger partial charge on any atom is -0.232 e. The molecule has 0 saturated heterocycles. The Bertz CT molecular complexity index is 1130. The smallest absolute Gasteiger partial charge is 0.160 e. The number of hydrogen-bond acceptors (Lipinski definition) is 4. The van der Waals surface area contributed by atoms with Crippen molar-refractivity contribution in [1.29, 1.82) is 0 Å². The number of benzene rings is 3. The first-order chi connectivity index (χ1) is 14.6. The first kappa shape index (κ1) is 21.5. The number of hydrogen-bond donors (Lipinski definition) is 0. The van der Waals surface area contributed by atoms with Gasteiger partial charge in [0, 0.05) is 21.2 Å². The Kier molecular flexibility index (Phi) is 7.24. The highest BCUT2D eigenvalue weighted by atomic mass is 35.5. The van der Waals surface area contributed by atoms with Gasteiger partial charge in [-0.15, -0.1) is 11.8 Å². The summed E-state index contributed by atoms with van der Waals surface area (Å²) in [4.78, 5) is 11.5. The lowest BCUT2D eigenvalue weighted by atomic mass is 10.2. The molecule has 0 aliphatic rings. The highest BCUT2D eigenvalue weighted by molar-refractivity contribution is 7.99. The summed E-state index contributed by atoms with van der Waals surface area (Å²) in [5.74, 6) is 1.38. The van der Waals surface area contributed by atoms with Gasteiger partial charge < -0.3 is 0 Å². The van der Waals surface area contributed by atoms with Gasteiger partial charge in [0.1, 0.15) is 5.03 Å². The van der Waals surface area contributed by atoms with E-state index in [1.165, 1.54) is 11.8 Å². The van der Waals surface area contributed by atoms with Crippen molar-refractivity contribution >= 4 is 58.3 Å². The summed E-state index contributed by atoms with van der Waals surface area (Å²) in [7, 11) is 0. The molecular weight excluding hydrogens is 475 g/mol. The van der Waals surface area contributed by atoms with Crippen molar-refractivity contribution in [1.82, 2.24) is 9.97 Å². The molecule has 1 aromatic heterocycles. The average molecular weight is 490 g/mol. The van der Waals surface area contributed by atoms with E-state index in [-0.39, 0.29) is 0 Å². The Morgan fingerprint density at radius 1 is 0.733 bits per heavy atom. The second-order valence-corrected chi connectivity index (χ2v) is 9.61. The molecule has 0 fully saturated rings. The van der Waals surface area contributed by atoms with Crippen LogP contribution in [0.1, 0.15) is 5.69 Å². The van der Waals surface area contributed by atoms with Crippen molar-refractivity contribution < 1.29 is 0 Å². The molecule has 4 rings (SSSR count). The predicted molar refractivity (Wildman–Crippen MR) is 129 cm³/mol. The van der Waals surface area contributed by atoms with Gasteiger partial charge in [0.15, 0.2) is 5.82 Å². The van der Waals surface area contributed by atoms with Gasteiger partial charge in [-0.2, -0.15) is 0 Å². The minimum absolute atomic E-state index is 0.601. The van der Waals surface area contributed by atoms with Crippen LogP contribution < -0.4 is 0 Å². The summed E-state index contributed by atoms with van der Waals surface area (Å²) in [5, 5.41) is 2.72. The van der Waals surface area contributed by atoms with Gasteiger partial charge in [-0.1, -0.05) is 83.0 Å². The summed E-state index contributed by atoms with van der Waals surface area (Å²) in [6, 6.07) is 25.2. The lowest BCUT2D eigenvalue weighted by Gasteiger charge is -2.10. The molecule has 3 aromatic carbocycles. The molecule has 1 heterocycles. The van der Waals surface area contributed by atoms with Gasteiger partial charge in [-0.25, -0.2) is 9.97 Å². The molecular formula is C23H15Cl3N2S2. The third kappa shape index (κ3) is 5.51. The summed E-state index contributed by atoms with van der Waals surface area (Å²) < 4.78 is 0. The summed E-state index contributed by atoms with van der Waals surface area (Å²) in [6.45, 7) is 0. The molecule has 0 saturated carbocycles. The van der Waals surface area contributed by atoms with E-state index in [1.807, 2.05) is 78.9 Å². The van der Waals surface area contributed by atoms with Gasteiger partial charge >= 0.3 is 0 Å². The maximum Gasteiger partial charge on any atom is 0.160 e. The summed E-state index contributed by atoms with van der Waals surface area (Å²) >= 11 is 21.9. The molecule has 0 amide bonds. The topological polar surface area (TPSA) is 25.8 Å². The molecule has 0 spiro atoms. The Morgan fingerprint density at radius 2 is 1.43 bits per heavy atom. The standard InChI is InChI=1S/C23H15Cl3N2S2/c24-16-9-11-18(12-10-16)29-14-17-13-21(30-22-19(25)7-4-8-20(22)26)28-23(27-17)15-5-2-1-3-6-15/h1-13H,14H2. The molecule has 0 aliphatic heterocycles. The van der Waals surface area contributed by atoms with Crippen LogP contribution in [0.25, 0.3) is 11.4 Å². The maximum absolute atomic E-state index is 6.37. The van der Waals surface area contributed by atoms with Gasteiger partial charge in [0.05, 0.1) is 20.6 Å². The first-order valence-electron chi connectivity index (χ1n) is 9.02. The zero-order chi connectivity index (χ0) is 20.9. The van der Waals surface area contributed by atoms with E-state index < -0.39 is 0 Å². The van der Waals surface area contributed by atoms with Crippen LogP contribution >= 0.6 is 58.3 Å².